The van der Waals surface area contributed by atoms with Gasteiger partial charge in [0.2, 0.25) is 0 Å². The number of hydrogen-bond donors (Lipinski definition) is 1. The van der Waals surface area contributed by atoms with Crippen molar-refractivity contribution in [1.82, 2.24) is 10.3 Å². The number of para-hydroxylation sites is 1. The van der Waals surface area contributed by atoms with Crippen LogP contribution >= 0.6 is 0 Å². The smallest absolute Gasteiger partial charge is 0.0421 e. The zero-order chi connectivity index (χ0) is 15.1. The van der Waals surface area contributed by atoms with Gasteiger partial charge in [-0.1, -0.05) is 31.2 Å². The molecule has 0 fully saturated rings. The summed E-state index contributed by atoms with van der Waals surface area (Å²) in [5.74, 6) is 0. The van der Waals surface area contributed by atoms with Gasteiger partial charge in [-0.25, -0.2) is 0 Å². The van der Waals surface area contributed by atoms with E-state index < -0.39 is 0 Å². The van der Waals surface area contributed by atoms with Crippen LogP contribution in [0.15, 0.2) is 48.7 Å². The Balaban J connectivity index is 2.10. The summed E-state index contributed by atoms with van der Waals surface area (Å²) in [5, 5.41) is 3.40. The fourth-order valence-corrected chi connectivity index (χ4v) is 2.66. The summed E-state index contributed by atoms with van der Waals surface area (Å²) in [6.45, 7) is 3.18. The highest BCUT2D eigenvalue weighted by atomic mass is 15.1. The summed E-state index contributed by atoms with van der Waals surface area (Å²) >= 11 is 0. The van der Waals surface area contributed by atoms with Crippen molar-refractivity contribution in [3.8, 4) is 0 Å². The van der Waals surface area contributed by atoms with E-state index >= 15 is 0 Å². The van der Waals surface area contributed by atoms with Crippen LogP contribution in [0.3, 0.4) is 0 Å². The third kappa shape index (κ3) is 4.05. The second-order valence-electron chi connectivity index (χ2n) is 5.30. The number of anilines is 1. The molecule has 0 amide bonds. The Morgan fingerprint density at radius 3 is 2.57 bits per heavy atom. The van der Waals surface area contributed by atoms with Crippen molar-refractivity contribution in [3.05, 3.63) is 59.9 Å². The minimum Gasteiger partial charge on any atom is -0.374 e. The monoisotopic (exact) mass is 283 g/mol. The number of aromatic nitrogens is 1. The van der Waals surface area contributed by atoms with Gasteiger partial charge < -0.3 is 10.2 Å². The van der Waals surface area contributed by atoms with Crippen molar-refractivity contribution in [2.24, 2.45) is 0 Å². The molecule has 1 atom stereocenters. The molecule has 2 rings (SSSR count). The van der Waals surface area contributed by atoms with Crippen LogP contribution in [-0.4, -0.2) is 25.6 Å². The molecule has 0 saturated carbocycles. The first kappa shape index (κ1) is 15.5. The quantitative estimate of drug-likeness (QED) is 0.844. The number of hydrogen-bond acceptors (Lipinski definition) is 3. The Kier molecular flexibility index (Phi) is 5.76. The van der Waals surface area contributed by atoms with E-state index in [4.69, 9.17) is 0 Å². The van der Waals surface area contributed by atoms with Gasteiger partial charge in [-0.15, -0.1) is 0 Å². The van der Waals surface area contributed by atoms with Gasteiger partial charge in [-0.3, -0.25) is 4.98 Å². The summed E-state index contributed by atoms with van der Waals surface area (Å²) in [7, 11) is 4.18. The van der Waals surface area contributed by atoms with Crippen LogP contribution in [-0.2, 0) is 6.42 Å². The van der Waals surface area contributed by atoms with Crippen molar-refractivity contribution in [2.45, 2.75) is 25.8 Å². The Hall–Kier alpha value is -1.87. The lowest BCUT2D eigenvalue weighted by atomic mass is 10.0. The van der Waals surface area contributed by atoms with Crippen LogP contribution in [0.5, 0.6) is 0 Å². The summed E-state index contributed by atoms with van der Waals surface area (Å²) in [6, 6.07) is 15.1. The average Bonchev–Trinajstić information content (AvgIpc) is 2.55. The highest BCUT2D eigenvalue weighted by Crippen LogP contribution is 2.27. The number of benzene rings is 1. The fourth-order valence-electron chi connectivity index (χ4n) is 2.66. The molecule has 1 N–H and O–H groups in total. The molecule has 112 valence electrons. The Labute approximate surface area is 128 Å². The van der Waals surface area contributed by atoms with E-state index in [0.29, 0.717) is 6.04 Å². The van der Waals surface area contributed by atoms with Crippen LogP contribution in [0.25, 0.3) is 0 Å². The number of nitrogens with zero attached hydrogens (tertiary/aromatic N) is 2. The van der Waals surface area contributed by atoms with Crippen molar-refractivity contribution >= 4 is 5.69 Å². The molecule has 1 aromatic carbocycles. The van der Waals surface area contributed by atoms with Crippen molar-refractivity contribution in [3.63, 3.8) is 0 Å². The molecule has 0 bridgehead atoms. The first-order chi connectivity index (χ1) is 10.3. The number of pyridine rings is 1. The molecule has 3 nitrogen and oxygen atoms in total. The van der Waals surface area contributed by atoms with E-state index in [9.17, 15) is 0 Å². The van der Waals surface area contributed by atoms with Gasteiger partial charge in [0, 0.05) is 43.6 Å². The summed E-state index contributed by atoms with van der Waals surface area (Å²) in [4.78, 5) is 6.72. The second kappa shape index (κ2) is 7.79. The Bertz CT molecular complexity index is 535. The average molecular weight is 283 g/mol. The number of nitrogens with one attached hydrogen (secondary N) is 1. The number of rotatable bonds is 7. The topological polar surface area (TPSA) is 28.2 Å². The predicted molar refractivity (Wildman–Crippen MR) is 89.7 cm³/mol. The molecule has 1 unspecified atom stereocenters. The molecule has 0 radical (unpaired) electrons. The van der Waals surface area contributed by atoms with E-state index in [2.05, 4.69) is 59.5 Å². The van der Waals surface area contributed by atoms with Crippen LogP contribution < -0.4 is 10.2 Å². The van der Waals surface area contributed by atoms with Crippen LogP contribution in [0.4, 0.5) is 5.69 Å². The number of likely N-dealkylation sites (N-methyl/N-ethyl adjacent to an activating group) is 1. The third-order valence-corrected chi connectivity index (χ3v) is 3.91. The standard InChI is InChI=1S/C18H25N3/c1-4-17(19-2)16-10-5-6-11-18(16)21(3)14-12-15-9-7-8-13-20-15/h5-11,13,17,19H,4,12,14H2,1-3H3. The largest absolute Gasteiger partial charge is 0.374 e. The summed E-state index contributed by atoms with van der Waals surface area (Å²) < 4.78 is 0. The molecule has 0 aliphatic heterocycles. The first-order valence-electron chi connectivity index (χ1n) is 7.63. The molecule has 21 heavy (non-hydrogen) atoms. The maximum atomic E-state index is 4.40. The molecule has 0 spiro atoms. The maximum Gasteiger partial charge on any atom is 0.0421 e. The van der Waals surface area contributed by atoms with Crippen molar-refractivity contribution in [2.75, 3.05) is 25.5 Å². The zero-order valence-corrected chi connectivity index (χ0v) is 13.2. The normalized spacial score (nSPS) is 12.1. The van der Waals surface area contributed by atoms with Crippen LogP contribution in [0, 0.1) is 0 Å². The van der Waals surface area contributed by atoms with E-state index in [0.717, 1.165) is 25.1 Å². The third-order valence-electron chi connectivity index (χ3n) is 3.91. The molecule has 0 saturated heterocycles. The Morgan fingerprint density at radius 2 is 1.90 bits per heavy atom. The van der Waals surface area contributed by atoms with Crippen LogP contribution in [0.1, 0.15) is 30.6 Å². The van der Waals surface area contributed by atoms with E-state index in [1.54, 1.807) is 0 Å². The molecule has 0 aliphatic rings. The fraction of sp³-hybridized carbons (Fsp3) is 0.389. The van der Waals surface area contributed by atoms with E-state index in [1.165, 1.54) is 11.3 Å². The van der Waals surface area contributed by atoms with Gasteiger partial charge in [0.1, 0.15) is 0 Å². The summed E-state index contributed by atoms with van der Waals surface area (Å²) in [6.07, 6.45) is 3.90. The zero-order valence-electron chi connectivity index (χ0n) is 13.2. The first-order valence-corrected chi connectivity index (χ1v) is 7.63. The minimum atomic E-state index is 0.401. The highest BCUT2D eigenvalue weighted by Gasteiger charge is 2.13. The van der Waals surface area contributed by atoms with Gasteiger partial charge in [0.05, 0.1) is 0 Å². The lowest BCUT2D eigenvalue weighted by Crippen LogP contribution is -2.24. The van der Waals surface area contributed by atoms with Gasteiger partial charge >= 0.3 is 0 Å². The molecule has 3 heteroatoms. The van der Waals surface area contributed by atoms with Gasteiger partial charge in [-0.05, 0) is 37.2 Å². The highest BCUT2D eigenvalue weighted by molar-refractivity contribution is 5.54. The van der Waals surface area contributed by atoms with Crippen molar-refractivity contribution < 1.29 is 0 Å². The molecular formula is C18H25N3. The van der Waals surface area contributed by atoms with Gasteiger partial charge in [0.15, 0.2) is 0 Å². The molecule has 2 aromatic rings. The lowest BCUT2D eigenvalue weighted by Gasteiger charge is -2.26. The van der Waals surface area contributed by atoms with E-state index in [-0.39, 0.29) is 0 Å². The minimum absolute atomic E-state index is 0.401. The molecule has 1 heterocycles. The van der Waals surface area contributed by atoms with Crippen molar-refractivity contribution in [1.29, 1.82) is 0 Å². The van der Waals surface area contributed by atoms with Gasteiger partial charge in [-0.2, -0.15) is 0 Å². The van der Waals surface area contributed by atoms with E-state index in [1.807, 2.05) is 25.4 Å². The second-order valence-corrected chi connectivity index (χ2v) is 5.30. The predicted octanol–water partition coefficient (Wildman–Crippen LogP) is 3.43. The van der Waals surface area contributed by atoms with Crippen LogP contribution in [0.2, 0.25) is 0 Å². The molecule has 1 aromatic heterocycles. The molecule has 0 aliphatic carbocycles. The van der Waals surface area contributed by atoms with Gasteiger partial charge in [0.25, 0.3) is 0 Å². The molecular weight excluding hydrogens is 258 g/mol. The maximum absolute atomic E-state index is 4.40. The summed E-state index contributed by atoms with van der Waals surface area (Å²) in [5.41, 5.74) is 3.81. The lowest BCUT2D eigenvalue weighted by molar-refractivity contribution is 0.575. The SMILES string of the molecule is CCC(NC)c1ccccc1N(C)CCc1ccccn1. The Morgan fingerprint density at radius 1 is 1.14 bits per heavy atom.